The van der Waals surface area contributed by atoms with Gasteiger partial charge in [-0.3, -0.25) is 0 Å². The molecule has 0 saturated heterocycles. The van der Waals surface area contributed by atoms with Gasteiger partial charge in [0.15, 0.2) is 0 Å². The van der Waals surface area contributed by atoms with Gasteiger partial charge in [-0.05, 0) is 73.9 Å². The third kappa shape index (κ3) is 20.8. The van der Waals surface area contributed by atoms with Crippen molar-refractivity contribution in [3.05, 3.63) is 88.0 Å². The van der Waals surface area contributed by atoms with Crippen LogP contribution in [0.2, 0.25) is 0 Å². The summed E-state index contributed by atoms with van der Waals surface area (Å²) in [5, 5.41) is 0. The Morgan fingerprint density at radius 3 is 1.11 bits per heavy atom. The molecule has 1 aliphatic heterocycles. The van der Waals surface area contributed by atoms with E-state index in [1.54, 1.807) is 0 Å². The molecular weight excluding hydrogens is 677 g/mol. The average molecular weight is 765 g/mol. The van der Waals surface area contributed by atoms with Crippen molar-refractivity contribution in [3.8, 4) is 0 Å². The summed E-state index contributed by atoms with van der Waals surface area (Å²) >= 11 is 0. The first-order chi connectivity index (χ1) is 27.7. The first-order valence-electron chi connectivity index (χ1n) is 24.8. The van der Waals surface area contributed by atoms with E-state index in [1.165, 1.54) is 214 Å². The molecule has 0 aromatic heterocycles. The van der Waals surface area contributed by atoms with Crippen molar-refractivity contribution < 1.29 is 4.70 Å². The predicted octanol–water partition coefficient (Wildman–Crippen LogP) is 18.5. The Morgan fingerprint density at radius 1 is 0.375 bits per heavy atom. The molecular formula is C54H88N2. The number of nitrogens with zero attached hydrogens (tertiary/aromatic N) is 2. The van der Waals surface area contributed by atoms with Crippen LogP contribution < -0.4 is 0 Å². The number of hydrogen-bond donors (Lipinski definition) is 0. The van der Waals surface area contributed by atoms with Gasteiger partial charge in [0.05, 0.1) is 0 Å². The smallest absolute Gasteiger partial charge is 0.210 e. The monoisotopic (exact) mass is 765 g/mol. The van der Waals surface area contributed by atoms with E-state index in [-0.39, 0.29) is 0 Å². The van der Waals surface area contributed by atoms with Crippen LogP contribution in [0.1, 0.15) is 255 Å². The van der Waals surface area contributed by atoms with Crippen LogP contribution in [0.3, 0.4) is 0 Å². The van der Waals surface area contributed by atoms with Gasteiger partial charge in [-0.25, -0.2) is 4.70 Å². The molecule has 0 N–H and O–H groups in total. The van der Waals surface area contributed by atoms with E-state index in [4.69, 9.17) is 0 Å². The second kappa shape index (κ2) is 32.5. The van der Waals surface area contributed by atoms with Crippen molar-refractivity contribution in [2.24, 2.45) is 0 Å². The first-order valence-corrected chi connectivity index (χ1v) is 24.8. The number of aryl methyl sites for hydroxylation is 2. The van der Waals surface area contributed by atoms with E-state index in [0.717, 1.165) is 54.6 Å². The van der Waals surface area contributed by atoms with Crippen LogP contribution >= 0.6 is 0 Å². The summed E-state index contributed by atoms with van der Waals surface area (Å²) in [6.45, 7) is 6.86. The Balaban J connectivity index is 1.35. The van der Waals surface area contributed by atoms with Crippen LogP contribution in [-0.4, -0.2) is 4.70 Å². The first kappa shape index (κ1) is 47.9. The van der Waals surface area contributed by atoms with Crippen LogP contribution in [0, 0.1) is 0 Å². The van der Waals surface area contributed by atoms with Crippen LogP contribution in [-0.2, 0) is 12.8 Å². The fourth-order valence-electron chi connectivity index (χ4n) is 8.78. The zero-order valence-corrected chi connectivity index (χ0v) is 37.3. The number of rotatable bonds is 37. The van der Waals surface area contributed by atoms with Crippen molar-refractivity contribution in [1.82, 2.24) is 0 Å². The Labute approximate surface area is 348 Å². The highest BCUT2D eigenvalue weighted by atomic mass is 15.2. The molecule has 2 heteroatoms. The highest BCUT2D eigenvalue weighted by Gasteiger charge is 2.29. The molecule has 2 aromatic carbocycles. The summed E-state index contributed by atoms with van der Waals surface area (Å²) < 4.78 is 1.50. The van der Waals surface area contributed by atoms with Gasteiger partial charge in [-0.15, -0.1) is 0 Å². The largest absolute Gasteiger partial charge is 0.493 e. The average Bonchev–Trinajstić information content (AvgIpc) is 3.55. The molecule has 0 atom stereocenters. The molecule has 0 aliphatic carbocycles. The number of benzene rings is 2. The summed E-state index contributed by atoms with van der Waals surface area (Å²) in [6.07, 6.45) is 49.8. The second-order valence-corrected chi connectivity index (χ2v) is 17.6. The topological polar surface area (TPSA) is 25.3 Å². The number of unbranched alkanes of at least 4 members (excludes halogenated alkanes) is 29. The Bertz CT molecular complexity index is 1350. The number of hydrogen-bond acceptors (Lipinski definition) is 0. The molecule has 0 amide bonds. The quantitative estimate of drug-likeness (QED) is 0.0484. The molecule has 0 bridgehead atoms. The summed E-state index contributed by atoms with van der Waals surface area (Å²) in [5.74, 6) is 0. The minimum atomic E-state index is 0.928. The van der Waals surface area contributed by atoms with E-state index < -0.39 is 0 Å². The van der Waals surface area contributed by atoms with E-state index >= 15 is 0 Å². The molecule has 0 fully saturated rings. The molecule has 56 heavy (non-hydrogen) atoms. The van der Waals surface area contributed by atoms with Crippen molar-refractivity contribution in [3.63, 3.8) is 0 Å². The Kier molecular flexibility index (Phi) is 27.8. The minimum Gasteiger partial charge on any atom is -0.493 e. The summed E-state index contributed by atoms with van der Waals surface area (Å²) in [7, 11) is 0. The zero-order chi connectivity index (χ0) is 39.7. The summed E-state index contributed by atoms with van der Waals surface area (Å²) in [5.41, 5.74) is 20.0. The molecule has 1 aliphatic rings. The Hall–Kier alpha value is -2.48. The van der Waals surface area contributed by atoms with Crippen LogP contribution in [0.5, 0.6) is 0 Å². The molecule has 0 radical (unpaired) electrons. The number of allylic oxidation sites excluding steroid dienone is 2. The maximum atomic E-state index is 11.7. The Morgan fingerprint density at radius 2 is 0.714 bits per heavy atom. The van der Waals surface area contributed by atoms with Crippen molar-refractivity contribution in [2.45, 2.75) is 245 Å². The van der Waals surface area contributed by atoms with Crippen molar-refractivity contribution in [2.75, 3.05) is 0 Å². The third-order valence-corrected chi connectivity index (χ3v) is 12.4. The van der Waals surface area contributed by atoms with Gasteiger partial charge in [0.25, 0.3) is 0 Å². The third-order valence-electron chi connectivity index (χ3n) is 12.4. The van der Waals surface area contributed by atoms with Gasteiger partial charge in [0.2, 0.25) is 11.4 Å². The molecule has 0 saturated carbocycles. The molecule has 314 valence electrons. The van der Waals surface area contributed by atoms with Gasteiger partial charge in [-0.2, -0.15) is 0 Å². The lowest BCUT2D eigenvalue weighted by Gasteiger charge is -2.12. The molecule has 0 spiro atoms. The van der Waals surface area contributed by atoms with Crippen molar-refractivity contribution >= 4 is 11.4 Å². The molecule has 0 unspecified atom stereocenters. The van der Waals surface area contributed by atoms with E-state index in [1.807, 2.05) is 0 Å². The summed E-state index contributed by atoms with van der Waals surface area (Å²) in [4.78, 5) is 0. The van der Waals surface area contributed by atoms with E-state index in [9.17, 15) is 5.53 Å². The van der Waals surface area contributed by atoms with E-state index in [2.05, 4.69) is 75.4 Å². The lowest BCUT2D eigenvalue weighted by molar-refractivity contribution is -0.344. The highest BCUT2D eigenvalue weighted by Crippen LogP contribution is 2.38. The summed E-state index contributed by atoms with van der Waals surface area (Å²) in [6, 6.07) is 18.0. The predicted molar refractivity (Wildman–Crippen MR) is 248 cm³/mol. The van der Waals surface area contributed by atoms with Gasteiger partial charge in [0, 0.05) is 22.8 Å². The van der Waals surface area contributed by atoms with Crippen LogP contribution in [0.15, 0.2) is 60.2 Å². The standard InChI is InChI=1S/C54H88N2/c1-4-7-10-12-14-16-18-20-22-24-26-28-30-32-34-38-48-40-36-43-50(45-48)53-47-52(42-9-6-3)54(56(53)55)51-44-37-41-49(46-51)39-35-33-31-29-27-25-23-21-19-17-15-13-11-8-5-2/h36-37,40-41,43-47H,4-35,38-39,42H2,1-3H3. The molecule has 3 rings (SSSR count). The zero-order valence-electron chi connectivity index (χ0n) is 37.3. The fourth-order valence-corrected chi connectivity index (χ4v) is 8.78. The maximum absolute atomic E-state index is 11.7. The van der Waals surface area contributed by atoms with Gasteiger partial charge >= 0.3 is 0 Å². The van der Waals surface area contributed by atoms with Gasteiger partial charge in [-0.1, -0.05) is 231 Å². The normalized spacial score (nSPS) is 13.0. The fraction of sp³-hybridized carbons (Fsp3) is 0.704. The van der Waals surface area contributed by atoms with Gasteiger partial charge in [0.1, 0.15) is 0 Å². The van der Waals surface area contributed by atoms with Crippen molar-refractivity contribution in [1.29, 1.82) is 0 Å². The van der Waals surface area contributed by atoms with Crippen LogP contribution in [0.25, 0.3) is 16.9 Å². The second-order valence-electron chi connectivity index (χ2n) is 17.6. The van der Waals surface area contributed by atoms with E-state index in [0.29, 0.717) is 0 Å². The lowest BCUT2D eigenvalue weighted by atomic mass is 9.99. The highest BCUT2D eigenvalue weighted by molar-refractivity contribution is 5.78. The van der Waals surface area contributed by atoms with Gasteiger partial charge < -0.3 is 5.53 Å². The molecule has 2 nitrogen and oxygen atoms in total. The lowest BCUT2D eigenvalue weighted by Crippen LogP contribution is -2.03. The molecule has 2 aromatic rings. The maximum Gasteiger partial charge on any atom is 0.210 e. The van der Waals surface area contributed by atoms with Crippen LogP contribution in [0.4, 0.5) is 0 Å². The molecule has 1 heterocycles. The minimum absolute atomic E-state index is 0.928. The SMILES string of the molecule is CCCCCCCCCCCCCCCCCc1cccc(C2=CC(CCCC)=C(c3cccc(CCCCCCCCCCCCCCCCC)c3)[N+]2=[N-])c1.